The molecule has 1 saturated heterocycles. The number of carbonyl (C=O) groups is 1. The zero-order valence-corrected chi connectivity index (χ0v) is 15.8. The van der Waals surface area contributed by atoms with Crippen molar-refractivity contribution in [2.24, 2.45) is 0 Å². The molecule has 7 nitrogen and oxygen atoms in total. The van der Waals surface area contributed by atoms with E-state index in [-0.39, 0.29) is 34.9 Å². The number of nitrogens with one attached hydrogen (secondary N) is 1. The van der Waals surface area contributed by atoms with Crippen molar-refractivity contribution in [2.75, 3.05) is 19.6 Å². The van der Waals surface area contributed by atoms with Gasteiger partial charge in [-0.15, -0.1) is 0 Å². The maximum atomic E-state index is 13.3. The maximum absolute atomic E-state index is 13.3. The lowest BCUT2D eigenvalue weighted by Crippen LogP contribution is -2.49. The summed E-state index contributed by atoms with van der Waals surface area (Å²) in [5, 5.41) is 11.7. The van der Waals surface area contributed by atoms with Crippen molar-refractivity contribution in [1.29, 1.82) is 5.26 Å². The maximum Gasteiger partial charge on any atom is 0.247 e. The first kappa shape index (κ1) is 14.7. The minimum atomic E-state index is -4.60. The molecular formula is C17H13Cl2N3O4S. The fourth-order valence-corrected chi connectivity index (χ4v) is 4.19. The summed E-state index contributed by atoms with van der Waals surface area (Å²) in [6.07, 6.45) is 0. The molecule has 1 heterocycles. The Labute approximate surface area is 171 Å². The predicted molar refractivity (Wildman–Crippen MR) is 99.5 cm³/mol. The van der Waals surface area contributed by atoms with Crippen LogP contribution in [0.3, 0.4) is 0 Å². The van der Waals surface area contributed by atoms with Crippen LogP contribution in [-0.2, 0) is 14.8 Å². The van der Waals surface area contributed by atoms with E-state index in [2.05, 4.69) is 5.32 Å². The van der Waals surface area contributed by atoms with E-state index >= 15 is 0 Å². The van der Waals surface area contributed by atoms with E-state index in [4.69, 9.17) is 33.4 Å². The van der Waals surface area contributed by atoms with Crippen molar-refractivity contribution < 1.29 is 23.4 Å². The number of nitrogens with zero attached hydrogens (tertiary/aromatic N) is 2. The van der Waals surface area contributed by atoms with Crippen molar-refractivity contribution in [1.82, 2.24) is 9.62 Å². The Bertz CT molecular complexity index is 1250. The number of sulfonamides is 1. The van der Waals surface area contributed by atoms with Gasteiger partial charge in [0.25, 0.3) is 0 Å². The summed E-state index contributed by atoms with van der Waals surface area (Å²) in [4.78, 5) is 10.8. The van der Waals surface area contributed by atoms with Crippen LogP contribution in [-0.4, -0.2) is 38.3 Å². The number of piperazine rings is 1. The van der Waals surface area contributed by atoms with E-state index in [0.717, 1.165) is 10.4 Å². The standard InChI is InChI=1S/C17H13Cl2N3O4S/c18-12-6-13(19)8-14(7-12)26-15-2-1-11(9-20)5-16(15)27(24,25)22-4-3-21-17(23)10-22/h1-2,5-8H,3-4,10H2,(H,21,23)/i1D,2D,5D,7D. The number of rotatable bonds is 4. The smallest absolute Gasteiger partial charge is 0.247 e. The van der Waals surface area contributed by atoms with E-state index in [9.17, 15) is 18.5 Å². The van der Waals surface area contributed by atoms with Gasteiger partial charge in [0.05, 0.1) is 23.7 Å². The molecule has 3 rings (SSSR count). The van der Waals surface area contributed by atoms with Crippen LogP contribution < -0.4 is 10.1 Å². The van der Waals surface area contributed by atoms with Gasteiger partial charge >= 0.3 is 0 Å². The van der Waals surface area contributed by atoms with E-state index in [1.807, 2.05) is 0 Å². The molecule has 1 fully saturated rings. The van der Waals surface area contributed by atoms with Crippen LogP contribution in [0, 0.1) is 11.3 Å². The molecule has 1 aliphatic heterocycles. The van der Waals surface area contributed by atoms with Crippen LogP contribution in [0.2, 0.25) is 10.0 Å². The van der Waals surface area contributed by atoms with E-state index in [0.29, 0.717) is 0 Å². The molecule has 27 heavy (non-hydrogen) atoms. The molecule has 140 valence electrons. The van der Waals surface area contributed by atoms with Gasteiger partial charge in [-0.2, -0.15) is 9.57 Å². The first-order valence-electron chi connectivity index (χ1n) is 9.43. The first-order valence-corrected chi connectivity index (χ1v) is 9.62. The molecule has 2 aromatic carbocycles. The van der Waals surface area contributed by atoms with Crippen LogP contribution in [0.15, 0.2) is 41.2 Å². The van der Waals surface area contributed by atoms with Crippen LogP contribution in [0.25, 0.3) is 0 Å². The Balaban J connectivity index is 2.29. The topological polar surface area (TPSA) is 99.5 Å². The first-order chi connectivity index (χ1) is 14.5. The highest BCUT2D eigenvalue weighted by Crippen LogP contribution is 2.34. The van der Waals surface area contributed by atoms with Crippen molar-refractivity contribution in [3.8, 4) is 17.6 Å². The van der Waals surface area contributed by atoms with Crippen LogP contribution in [0.1, 0.15) is 11.0 Å². The fraction of sp³-hybridized carbons (Fsp3) is 0.176. The molecular weight excluding hydrogens is 413 g/mol. The monoisotopic (exact) mass is 429 g/mol. The zero-order valence-electron chi connectivity index (χ0n) is 17.5. The number of hydrogen-bond donors (Lipinski definition) is 1. The van der Waals surface area contributed by atoms with Gasteiger partial charge in [0.15, 0.2) is 0 Å². The van der Waals surface area contributed by atoms with Gasteiger partial charge in [-0.05, 0) is 36.3 Å². The van der Waals surface area contributed by atoms with Crippen LogP contribution >= 0.6 is 23.2 Å². The van der Waals surface area contributed by atoms with Gasteiger partial charge in [-0.3, -0.25) is 4.79 Å². The Kier molecular flexibility index (Phi) is 4.22. The van der Waals surface area contributed by atoms with Gasteiger partial charge in [0, 0.05) is 23.1 Å². The average Bonchev–Trinajstić information content (AvgIpc) is 2.70. The summed E-state index contributed by atoms with van der Waals surface area (Å²) in [6, 6.07) is 1.24. The molecule has 0 spiro atoms. The largest absolute Gasteiger partial charge is 0.456 e. The molecule has 0 unspecified atom stereocenters. The molecule has 0 aromatic heterocycles. The summed E-state index contributed by atoms with van der Waals surface area (Å²) in [5.41, 5.74) is -0.646. The molecule has 0 radical (unpaired) electrons. The highest BCUT2D eigenvalue weighted by Gasteiger charge is 2.32. The van der Waals surface area contributed by atoms with Gasteiger partial charge in [0.2, 0.25) is 15.9 Å². The minimum Gasteiger partial charge on any atom is -0.456 e. The minimum absolute atomic E-state index is 0.0255. The summed E-state index contributed by atoms with van der Waals surface area (Å²) in [5.74, 6) is -1.63. The Morgan fingerprint density at radius 1 is 1.26 bits per heavy atom. The quantitative estimate of drug-likeness (QED) is 0.804. The van der Waals surface area contributed by atoms with Gasteiger partial charge in [-0.1, -0.05) is 23.2 Å². The molecule has 0 bridgehead atoms. The predicted octanol–water partition coefficient (Wildman–Crippen LogP) is 2.78. The third-order valence-electron chi connectivity index (χ3n) is 3.45. The molecule has 0 atom stereocenters. The average molecular weight is 430 g/mol. The normalized spacial score (nSPS) is 17.1. The molecule has 2 aromatic rings. The van der Waals surface area contributed by atoms with Gasteiger partial charge in [-0.25, -0.2) is 8.42 Å². The molecule has 1 N–H and O–H groups in total. The van der Waals surface area contributed by atoms with Crippen LogP contribution in [0.4, 0.5) is 0 Å². The van der Waals surface area contributed by atoms with Crippen molar-refractivity contribution in [2.45, 2.75) is 4.90 Å². The SMILES string of the molecule is [2H]c1c(Cl)cc(Cl)cc1Oc1c([2H])c([2H])c(C#N)c([2H])c1S(=O)(=O)N1CCNC(=O)C1. The number of amides is 1. The lowest BCUT2D eigenvalue weighted by molar-refractivity contribution is -0.122. The van der Waals surface area contributed by atoms with Crippen molar-refractivity contribution >= 4 is 39.1 Å². The van der Waals surface area contributed by atoms with E-state index < -0.39 is 56.8 Å². The molecule has 10 heteroatoms. The summed E-state index contributed by atoms with van der Waals surface area (Å²) in [7, 11) is -4.60. The number of carbonyl (C=O) groups excluding carboxylic acids is 1. The summed E-state index contributed by atoms with van der Waals surface area (Å²) >= 11 is 11.8. The van der Waals surface area contributed by atoms with E-state index in [1.54, 1.807) is 6.07 Å². The molecule has 0 saturated carbocycles. The third kappa shape index (κ3) is 4.34. The van der Waals surface area contributed by atoms with Crippen molar-refractivity contribution in [3.05, 3.63) is 51.9 Å². The fourth-order valence-electron chi connectivity index (χ4n) is 2.28. The lowest BCUT2D eigenvalue weighted by atomic mass is 10.2. The third-order valence-corrected chi connectivity index (χ3v) is 5.66. The zero-order chi connectivity index (χ0) is 23.1. The summed E-state index contributed by atoms with van der Waals surface area (Å²) < 4.78 is 65.3. The highest BCUT2D eigenvalue weighted by molar-refractivity contribution is 7.89. The number of nitriles is 1. The second-order valence-electron chi connectivity index (χ2n) is 5.32. The molecule has 0 aliphatic carbocycles. The van der Waals surface area contributed by atoms with Gasteiger partial charge < -0.3 is 10.1 Å². The number of hydrogen-bond acceptors (Lipinski definition) is 5. The second kappa shape index (κ2) is 7.74. The second-order valence-corrected chi connectivity index (χ2v) is 8.04. The molecule has 1 aliphatic rings. The molecule has 1 amide bonds. The van der Waals surface area contributed by atoms with Crippen LogP contribution in [0.5, 0.6) is 11.5 Å². The number of ether oxygens (including phenoxy) is 1. The summed E-state index contributed by atoms with van der Waals surface area (Å²) in [6.45, 7) is -0.624. The Morgan fingerprint density at radius 3 is 2.74 bits per heavy atom. The Hall–Kier alpha value is -2.31. The van der Waals surface area contributed by atoms with Crippen molar-refractivity contribution in [3.63, 3.8) is 0 Å². The highest BCUT2D eigenvalue weighted by atomic mass is 35.5. The number of benzene rings is 2. The van der Waals surface area contributed by atoms with E-state index in [1.165, 1.54) is 6.07 Å². The number of halogens is 2. The van der Waals surface area contributed by atoms with Gasteiger partial charge in [0.1, 0.15) is 16.4 Å². The lowest BCUT2D eigenvalue weighted by Gasteiger charge is -2.26. The Morgan fingerprint density at radius 2 is 2.04 bits per heavy atom.